The summed E-state index contributed by atoms with van der Waals surface area (Å²) in [7, 11) is 0. The molecule has 0 spiro atoms. The fraction of sp³-hybridized carbons (Fsp3) is 0.0455. The number of rotatable bonds is 4. The Bertz CT molecular complexity index is 1170. The number of hydrogen-bond donors (Lipinski definition) is 2. The second-order valence-corrected chi connectivity index (χ2v) is 6.68. The molecule has 7 nitrogen and oxygen atoms in total. The predicted octanol–water partition coefficient (Wildman–Crippen LogP) is 3.44. The van der Waals surface area contributed by atoms with Crippen molar-refractivity contribution in [1.82, 2.24) is 4.90 Å². The van der Waals surface area contributed by atoms with Crippen LogP contribution in [0.15, 0.2) is 65.1 Å². The third-order valence-corrected chi connectivity index (χ3v) is 4.91. The molecule has 3 heterocycles. The van der Waals surface area contributed by atoms with Gasteiger partial charge in [0.05, 0.1) is 16.7 Å². The average molecular weight is 385 g/mol. The normalized spacial score (nSPS) is 16.2. The number of para-hydroxylation sites is 1. The summed E-state index contributed by atoms with van der Waals surface area (Å²) in [6, 6.07) is 17.5. The first-order valence-corrected chi connectivity index (χ1v) is 9.03. The first kappa shape index (κ1) is 17.0. The van der Waals surface area contributed by atoms with Gasteiger partial charge >= 0.3 is 0 Å². The molecule has 0 fully saturated rings. The molecule has 5 rings (SSSR count). The highest BCUT2D eigenvalue weighted by molar-refractivity contribution is 6.34. The van der Waals surface area contributed by atoms with Crippen molar-refractivity contribution in [3.05, 3.63) is 83.1 Å². The summed E-state index contributed by atoms with van der Waals surface area (Å²) in [5.41, 5.74) is 2.89. The number of amides is 3. The van der Waals surface area contributed by atoms with Gasteiger partial charge in [-0.2, -0.15) is 0 Å². The van der Waals surface area contributed by atoms with E-state index in [1.54, 1.807) is 42.5 Å². The van der Waals surface area contributed by atoms with Crippen LogP contribution in [0, 0.1) is 0 Å². The van der Waals surface area contributed by atoms with Gasteiger partial charge < -0.3 is 15.1 Å². The number of benzene rings is 2. The first-order chi connectivity index (χ1) is 14.1. The van der Waals surface area contributed by atoms with E-state index >= 15 is 0 Å². The van der Waals surface area contributed by atoms with Gasteiger partial charge in [-0.25, -0.2) is 0 Å². The average Bonchev–Trinajstić information content (AvgIpc) is 3.38. The molecule has 2 aliphatic rings. The number of fused-ring (bicyclic) bond motifs is 2. The minimum absolute atomic E-state index is 0.0147. The monoisotopic (exact) mass is 385 g/mol. The van der Waals surface area contributed by atoms with E-state index in [4.69, 9.17) is 4.42 Å². The molecule has 2 aliphatic heterocycles. The summed E-state index contributed by atoms with van der Waals surface area (Å²) in [6.07, 6.45) is 1.66. The fourth-order valence-corrected chi connectivity index (χ4v) is 3.49. The first-order valence-electron chi connectivity index (χ1n) is 9.03. The number of carbonyl (C=O) groups excluding carboxylic acids is 3. The second-order valence-electron chi connectivity index (χ2n) is 6.68. The summed E-state index contributed by atoms with van der Waals surface area (Å²) < 4.78 is 5.70. The smallest absolute Gasteiger partial charge is 0.263 e. The molecular formula is C22H15N3O4. The molecule has 0 aliphatic carbocycles. The van der Waals surface area contributed by atoms with Crippen molar-refractivity contribution >= 4 is 40.9 Å². The molecule has 0 atom stereocenters. The van der Waals surface area contributed by atoms with Crippen LogP contribution in [0.25, 0.3) is 11.6 Å². The zero-order valence-corrected chi connectivity index (χ0v) is 15.1. The summed E-state index contributed by atoms with van der Waals surface area (Å²) in [6.45, 7) is -0.0147. The highest BCUT2D eigenvalue weighted by atomic mass is 16.4. The van der Waals surface area contributed by atoms with Crippen LogP contribution in [0.4, 0.5) is 11.6 Å². The Morgan fingerprint density at radius 2 is 1.52 bits per heavy atom. The maximum atomic E-state index is 12.4. The second kappa shape index (κ2) is 6.49. The van der Waals surface area contributed by atoms with Gasteiger partial charge in [-0.1, -0.05) is 30.3 Å². The van der Waals surface area contributed by atoms with Gasteiger partial charge in [0.25, 0.3) is 17.7 Å². The Kier molecular flexibility index (Phi) is 3.80. The summed E-state index contributed by atoms with van der Waals surface area (Å²) >= 11 is 0. The lowest BCUT2D eigenvalue weighted by molar-refractivity contribution is -0.110. The molecule has 1 aromatic heterocycles. The van der Waals surface area contributed by atoms with Gasteiger partial charge in [-0.3, -0.25) is 19.3 Å². The molecule has 0 saturated carbocycles. The zero-order valence-electron chi connectivity index (χ0n) is 15.1. The Morgan fingerprint density at radius 3 is 2.24 bits per heavy atom. The molecule has 2 aromatic carbocycles. The van der Waals surface area contributed by atoms with Crippen molar-refractivity contribution in [3.8, 4) is 0 Å². The Hall–Kier alpha value is -4.13. The molecule has 3 amide bonds. The van der Waals surface area contributed by atoms with E-state index in [9.17, 15) is 14.4 Å². The highest BCUT2D eigenvalue weighted by Crippen LogP contribution is 2.33. The molecule has 142 valence electrons. The van der Waals surface area contributed by atoms with E-state index in [0.29, 0.717) is 28.3 Å². The number of nitrogens with zero attached hydrogens (tertiary/aromatic N) is 1. The van der Waals surface area contributed by atoms with Gasteiger partial charge in [0.2, 0.25) is 0 Å². The Balaban J connectivity index is 1.32. The number of carbonyl (C=O) groups is 3. The van der Waals surface area contributed by atoms with Crippen LogP contribution in [-0.2, 0) is 4.79 Å². The van der Waals surface area contributed by atoms with Crippen LogP contribution in [0.3, 0.4) is 0 Å². The quantitative estimate of drug-likeness (QED) is 0.530. The predicted molar refractivity (Wildman–Crippen MR) is 107 cm³/mol. The van der Waals surface area contributed by atoms with E-state index in [1.165, 1.54) is 0 Å². The number of furan rings is 1. The third-order valence-electron chi connectivity index (χ3n) is 4.91. The van der Waals surface area contributed by atoms with Crippen molar-refractivity contribution in [2.24, 2.45) is 0 Å². The van der Waals surface area contributed by atoms with Crippen LogP contribution in [-0.4, -0.2) is 29.3 Å². The Labute approximate surface area is 165 Å². The highest BCUT2D eigenvalue weighted by Gasteiger charge is 2.34. The lowest BCUT2D eigenvalue weighted by Crippen LogP contribution is -2.34. The van der Waals surface area contributed by atoms with Gasteiger partial charge in [0, 0.05) is 17.3 Å². The summed E-state index contributed by atoms with van der Waals surface area (Å²) in [4.78, 5) is 38.1. The van der Waals surface area contributed by atoms with E-state index in [0.717, 1.165) is 16.2 Å². The molecule has 0 unspecified atom stereocenters. The molecule has 2 N–H and O–H groups in total. The lowest BCUT2D eigenvalue weighted by atomic mass is 10.1. The van der Waals surface area contributed by atoms with Gasteiger partial charge in [0.1, 0.15) is 12.4 Å². The number of imide groups is 1. The van der Waals surface area contributed by atoms with Crippen molar-refractivity contribution in [3.63, 3.8) is 0 Å². The van der Waals surface area contributed by atoms with Crippen LogP contribution < -0.4 is 10.6 Å². The molecule has 0 radical (unpaired) electrons. The minimum atomic E-state index is -0.341. The molecule has 7 heteroatoms. The van der Waals surface area contributed by atoms with Gasteiger partial charge in [-0.05, 0) is 30.3 Å². The zero-order chi connectivity index (χ0) is 20.0. The number of anilines is 2. The van der Waals surface area contributed by atoms with Crippen LogP contribution in [0.5, 0.6) is 0 Å². The van der Waals surface area contributed by atoms with Crippen LogP contribution in [0.1, 0.15) is 32.0 Å². The maximum absolute atomic E-state index is 12.4. The van der Waals surface area contributed by atoms with E-state index < -0.39 is 0 Å². The van der Waals surface area contributed by atoms with Crippen molar-refractivity contribution in [1.29, 1.82) is 0 Å². The van der Waals surface area contributed by atoms with Crippen LogP contribution >= 0.6 is 0 Å². The van der Waals surface area contributed by atoms with Crippen molar-refractivity contribution in [2.75, 3.05) is 17.3 Å². The fourth-order valence-electron chi connectivity index (χ4n) is 3.49. The summed E-state index contributed by atoms with van der Waals surface area (Å²) in [5, 5.41) is 5.75. The topological polar surface area (TPSA) is 91.7 Å². The molecule has 0 saturated heterocycles. The third kappa shape index (κ3) is 2.80. The molecule has 0 bridgehead atoms. The van der Waals surface area contributed by atoms with Crippen molar-refractivity contribution in [2.45, 2.75) is 0 Å². The summed E-state index contributed by atoms with van der Waals surface area (Å²) in [5.74, 6) is -0.00240. The largest absolute Gasteiger partial charge is 0.441 e. The molecule has 3 aromatic rings. The number of nitrogens with one attached hydrogen (secondary N) is 2. The van der Waals surface area contributed by atoms with Gasteiger partial charge in [-0.15, -0.1) is 0 Å². The minimum Gasteiger partial charge on any atom is -0.441 e. The van der Waals surface area contributed by atoms with E-state index in [2.05, 4.69) is 10.6 Å². The standard InChI is InChI=1S/C22H15N3O4/c26-20-17(14-5-3-4-8-18(14)24-20)11-13-9-10-19(29-13)23-12-25-21(27)15-6-1-2-7-16(15)22(25)28/h1-11,23H,12H2,(H,24,26)/b17-11-. The van der Waals surface area contributed by atoms with Crippen molar-refractivity contribution < 1.29 is 18.8 Å². The SMILES string of the molecule is O=C1Nc2ccccc2/C1=C/c1ccc(NCN2C(=O)c3ccccc3C2=O)o1. The van der Waals surface area contributed by atoms with Crippen LogP contribution in [0.2, 0.25) is 0 Å². The molecule has 29 heavy (non-hydrogen) atoms. The van der Waals surface area contributed by atoms with E-state index in [-0.39, 0.29) is 24.4 Å². The van der Waals surface area contributed by atoms with Gasteiger partial charge in [0.15, 0.2) is 5.88 Å². The molecular weight excluding hydrogens is 370 g/mol. The Morgan fingerprint density at radius 1 is 0.862 bits per heavy atom. The lowest BCUT2D eigenvalue weighted by Gasteiger charge is -2.13. The number of hydrogen-bond acceptors (Lipinski definition) is 5. The van der Waals surface area contributed by atoms with E-state index in [1.807, 2.05) is 24.3 Å². The maximum Gasteiger partial charge on any atom is 0.263 e.